The Kier molecular flexibility index (Phi) is 7.25. The second-order valence-corrected chi connectivity index (χ2v) is 8.34. The zero-order chi connectivity index (χ0) is 20.8. The Morgan fingerprint density at radius 2 is 1.86 bits per heavy atom. The molecule has 1 N–H and O–H groups in total. The van der Waals surface area contributed by atoms with Crippen LogP contribution in [0.15, 0.2) is 29.8 Å². The highest BCUT2D eigenvalue weighted by Gasteiger charge is 2.25. The fourth-order valence-corrected chi connectivity index (χ4v) is 4.06. The van der Waals surface area contributed by atoms with Gasteiger partial charge in [-0.1, -0.05) is 11.6 Å². The second-order valence-electron chi connectivity index (χ2n) is 8.34. The molecule has 0 unspecified atom stereocenters. The molecule has 0 radical (unpaired) electrons. The molecule has 2 saturated heterocycles. The molecular formula is C22H32N4O3. The van der Waals surface area contributed by atoms with Crippen LogP contribution in [0.1, 0.15) is 56.3 Å². The summed E-state index contributed by atoms with van der Waals surface area (Å²) in [5.41, 5.74) is 2.52. The maximum absolute atomic E-state index is 13.1. The fourth-order valence-electron chi connectivity index (χ4n) is 4.06. The van der Waals surface area contributed by atoms with E-state index in [0.29, 0.717) is 5.56 Å². The van der Waals surface area contributed by atoms with Crippen LogP contribution in [0.25, 0.3) is 0 Å². The molecule has 0 spiro atoms. The van der Waals surface area contributed by atoms with Gasteiger partial charge in [0, 0.05) is 50.9 Å². The van der Waals surface area contributed by atoms with E-state index in [1.165, 1.54) is 24.1 Å². The lowest BCUT2D eigenvalue weighted by Crippen LogP contribution is -2.45. The molecule has 2 heterocycles. The molecule has 158 valence electrons. The molecule has 1 amide bonds. The van der Waals surface area contributed by atoms with Crippen molar-refractivity contribution in [1.29, 1.82) is 0 Å². The Morgan fingerprint density at radius 3 is 2.48 bits per heavy atom. The molecule has 3 rings (SSSR count). The van der Waals surface area contributed by atoms with Crippen LogP contribution in [0, 0.1) is 10.1 Å². The van der Waals surface area contributed by atoms with Gasteiger partial charge < -0.3 is 10.2 Å². The Hall–Kier alpha value is -2.41. The topological polar surface area (TPSA) is 78.7 Å². The molecular weight excluding hydrogens is 368 g/mol. The highest BCUT2D eigenvalue weighted by Crippen LogP contribution is 2.28. The third-order valence-electron chi connectivity index (χ3n) is 5.81. The van der Waals surface area contributed by atoms with E-state index >= 15 is 0 Å². The fraction of sp³-hybridized carbons (Fsp3) is 0.591. The molecule has 0 saturated carbocycles. The normalized spacial score (nSPS) is 18.3. The van der Waals surface area contributed by atoms with Crippen LogP contribution in [-0.2, 0) is 0 Å². The van der Waals surface area contributed by atoms with Gasteiger partial charge in [-0.2, -0.15) is 0 Å². The Balaban J connectivity index is 1.68. The summed E-state index contributed by atoms with van der Waals surface area (Å²) >= 11 is 0. The van der Waals surface area contributed by atoms with Crippen molar-refractivity contribution in [2.24, 2.45) is 0 Å². The Bertz CT molecular complexity index is 759. The van der Waals surface area contributed by atoms with Crippen LogP contribution in [0.4, 0.5) is 11.4 Å². The van der Waals surface area contributed by atoms with Crippen molar-refractivity contribution in [1.82, 2.24) is 10.2 Å². The van der Waals surface area contributed by atoms with Gasteiger partial charge in [-0.05, 0) is 52.0 Å². The number of carbonyl (C=O) groups is 1. The first-order valence-electron chi connectivity index (χ1n) is 10.6. The van der Waals surface area contributed by atoms with Gasteiger partial charge >= 0.3 is 0 Å². The van der Waals surface area contributed by atoms with E-state index in [9.17, 15) is 14.9 Å². The summed E-state index contributed by atoms with van der Waals surface area (Å²) in [6.07, 6.45) is 7.39. The Morgan fingerprint density at radius 1 is 1.17 bits per heavy atom. The van der Waals surface area contributed by atoms with Gasteiger partial charge in [0.1, 0.15) is 0 Å². The predicted octanol–water partition coefficient (Wildman–Crippen LogP) is 3.75. The first-order chi connectivity index (χ1) is 13.9. The van der Waals surface area contributed by atoms with Gasteiger partial charge in [0.25, 0.3) is 11.6 Å². The highest BCUT2D eigenvalue weighted by molar-refractivity contribution is 6.00. The number of likely N-dealkylation sites (tertiary alicyclic amines) is 1. The monoisotopic (exact) mass is 400 g/mol. The molecule has 1 aromatic rings. The standard InChI is InChI=1S/C22H32N4O3/c1-17(2)8-13-24-14-9-18(10-15-24)23-22(27)20-16-19(26(28)29)6-7-21(20)25-11-4-3-5-12-25/h6-8,16,18H,3-5,9-15H2,1-2H3,(H,23,27). The summed E-state index contributed by atoms with van der Waals surface area (Å²) in [4.78, 5) is 28.5. The minimum absolute atomic E-state index is 0.0348. The van der Waals surface area contributed by atoms with Crippen LogP contribution >= 0.6 is 0 Å². The maximum atomic E-state index is 13.1. The average Bonchev–Trinajstić information content (AvgIpc) is 2.73. The van der Waals surface area contributed by atoms with Gasteiger partial charge in [0.05, 0.1) is 16.2 Å². The van der Waals surface area contributed by atoms with Crippen molar-refractivity contribution < 1.29 is 9.72 Å². The molecule has 1 aromatic carbocycles. The number of carbonyl (C=O) groups excluding carboxylic acids is 1. The van der Waals surface area contributed by atoms with Gasteiger partial charge in [0.2, 0.25) is 0 Å². The van der Waals surface area contributed by atoms with Crippen molar-refractivity contribution in [2.75, 3.05) is 37.6 Å². The molecule has 2 aliphatic heterocycles. The molecule has 7 heteroatoms. The van der Waals surface area contributed by atoms with Crippen molar-refractivity contribution in [2.45, 2.75) is 52.0 Å². The zero-order valence-corrected chi connectivity index (χ0v) is 17.5. The number of piperidine rings is 2. The largest absolute Gasteiger partial charge is 0.371 e. The number of rotatable bonds is 6. The van der Waals surface area contributed by atoms with Gasteiger partial charge in [-0.15, -0.1) is 0 Å². The predicted molar refractivity (Wildman–Crippen MR) is 116 cm³/mol. The third kappa shape index (κ3) is 5.79. The van der Waals surface area contributed by atoms with E-state index in [2.05, 4.69) is 35.0 Å². The quantitative estimate of drug-likeness (QED) is 0.447. The lowest BCUT2D eigenvalue weighted by atomic mass is 10.0. The lowest BCUT2D eigenvalue weighted by molar-refractivity contribution is -0.384. The van der Waals surface area contributed by atoms with Crippen LogP contribution in [-0.4, -0.2) is 54.5 Å². The number of nitro groups is 1. The van der Waals surface area contributed by atoms with Crippen molar-refractivity contribution in [3.63, 3.8) is 0 Å². The number of anilines is 1. The van der Waals surface area contributed by atoms with Crippen molar-refractivity contribution in [3.8, 4) is 0 Å². The van der Waals surface area contributed by atoms with Crippen molar-refractivity contribution in [3.05, 3.63) is 45.5 Å². The number of benzene rings is 1. The summed E-state index contributed by atoms with van der Waals surface area (Å²) < 4.78 is 0. The van der Waals surface area contributed by atoms with E-state index in [1.807, 2.05) is 0 Å². The molecule has 2 fully saturated rings. The average molecular weight is 401 g/mol. The summed E-state index contributed by atoms with van der Waals surface area (Å²) in [5, 5.41) is 14.4. The molecule has 2 aliphatic rings. The summed E-state index contributed by atoms with van der Waals surface area (Å²) in [6, 6.07) is 4.78. The molecule has 7 nitrogen and oxygen atoms in total. The van der Waals surface area contributed by atoms with Crippen LogP contribution in [0.5, 0.6) is 0 Å². The van der Waals surface area contributed by atoms with Crippen LogP contribution in [0.3, 0.4) is 0 Å². The summed E-state index contributed by atoms with van der Waals surface area (Å²) in [6.45, 7) is 8.83. The van der Waals surface area contributed by atoms with E-state index < -0.39 is 4.92 Å². The molecule has 0 aromatic heterocycles. The molecule has 0 bridgehead atoms. The van der Waals surface area contributed by atoms with Gasteiger partial charge in [0.15, 0.2) is 0 Å². The van der Waals surface area contributed by atoms with Crippen molar-refractivity contribution >= 4 is 17.3 Å². The minimum Gasteiger partial charge on any atom is -0.371 e. The summed E-state index contributed by atoms with van der Waals surface area (Å²) in [7, 11) is 0. The lowest BCUT2D eigenvalue weighted by Gasteiger charge is -2.33. The SMILES string of the molecule is CC(C)=CCN1CCC(NC(=O)c2cc([N+](=O)[O-])ccc2N2CCCCC2)CC1. The number of hydrogen-bond acceptors (Lipinski definition) is 5. The minimum atomic E-state index is -0.432. The second kappa shape index (κ2) is 9.87. The number of nitrogens with zero attached hydrogens (tertiary/aromatic N) is 3. The number of nitrogens with one attached hydrogen (secondary N) is 1. The van der Waals surface area contributed by atoms with E-state index in [-0.39, 0.29) is 17.6 Å². The first-order valence-corrected chi connectivity index (χ1v) is 10.6. The molecule has 0 atom stereocenters. The van der Waals surface area contributed by atoms with Gasteiger partial charge in [-0.3, -0.25) is 19.8 Å². The smallest absolute Gasteiger partial charge is 0.270 e. The van der Waals surface area contributed by atoms with Crippen LogP contribution < -0.4 is 10.2 Å². The summed E-state index contributed by atoms with van der Waals surface area (Å²) in [5.74, 6) is -0.197. The first kappa shape index (κ1) is 21.3. The molecule has 0 aliphatic carbocycles. The number of allylic oxidation sites excluding steroid dienone is 1. The van der Waals surface area contributed by atoms with E-state index in [1.54, 1.807) is 6.07 Å². The zero-order valence-electron chi connectivity index (χ0n) is 17.5. The maximum Gasteiger partial charge on any atom is 0.270 e. The highest BCUT2D eigenvalue weighted by atomic mass is 16.6. The molecule has 29 heavy (non-hydrogen) atoms. The number of hydrogen-bond donors (Lipinski definition) is 1. The number of amides is 1. The van der Waals surface area contributed by atoms with E-state index in [4.69, 9.17) is 0 Å². The van der Waals surface area contributed by atoms with E-state index in [0.717, 1.165) is 64.1 Å². The van der Waals surface area contributed by atoms with Gasteiger partial charge in [-0.25, -0.2) is 0 Å². The van der Waals surface area contributed by atoms with Crippen LogP contribution in [0.2, 0.25) is 0 Å². The third-order valence-corrected chi connectivity index (χ3v) is 5.81. The number of non-ortho nitro benzene ring substituents is 1. The number of nitro benzene ring substituents is 1. The Labute approximate surface area is 172 Å².